The molecule has 5 heteroatoms. The fraction of sp³-hybridized carbons (Fsp3) is 0.231. The van der Waals surface area contributed by atoms with Gasteiger partial charge in [-0.3, -0.25) is 4.79 Å². The van der Waals surface area contributed by atoms with Crippen molar-refractivity contribution in [2.24, 2.45) is 4.99 Å². The van der Waals surface area contributed by atoms with E-state index in [2.05, 4.69) is 4.99 Å². The Labute approximate surface area is 114 Å². The van der Waals surface area contributed by atoms with Crippen molar-refractivity contribution in [3.63, 3.8) is 0 Å². The molecule has 1 amide bonds. The van der Waals surface area contributed by atoms with Gasteiger partial charge in [0.25, 0.3) is 0 Å². The van der Waals surface area contributed by atoms with Crippen molar-refractivity contribution < 1.29 is 4.79 Å². The summed E-state index contributed by atoms with van der Waals surface area (Å²) in [4.78, 5) is 16.1. The molecule has 1 aromatic heterocycles. The Morgan fingerprint density at radius 2 is 2.22 bits per heavy atom. The van der Waals surface area contributed by atoms with Crippen molar-refractivity contribution in [1.82, 2.24) is 4.57 Å². The van der Waals surface area contributed by atoms with E-state index in [0.717, 1.165) is 10.6 Å². The first-order valence-electron chi connectivity index (χ1n) is 5.65. The van der Waals surface area contributed by atoms with Gasteiger partial charge in [0.05, 0.1) is 6.54 Å². The molecule has 0 spiro atoms. The zero-order valence-electron chi connectivity index (χ0n) is 9.97. The largest absolute Gasteiger partial charge is 0.319 e. The molecule has 0 N–H and O–H groups in total. The number of thiazole rings is 1. The molecule has 0 saturated carbocycles. The highest BCUT2D eigenvalue weighted by Crippen LogP contribution is 2.15. The maximum atomic E-state index is 11.4. The third-order valence-corrected chi connectivity index (χ3v) is 3.64. The molecule has 0 aliphatic carbocycles. The van der Waals surface area contributed by atoms with E-state index in [1.165, 1.54) is 11.3 Å². The second kappa shape index (κ2) is 5.98. The molecule has 1 aromatic carbocycles. The summed E-state index contributed by atoms with van der Waals surface area (Å²) in [6.45, 7) is 2.43. The molecule has 0 unspecified atom stereocenters. The lowest BCUT2D eigenvalue weighted by Crippen LogP contribution is -2.16. The lowest BCUT2D eigenvalue weighted by atomic mass is 10.2. The number of hydrogen-bond acceptors (Lipinski definition) is 2. The van der Waals surface area contributed by atoms with E-state index in [-0.39, 0.29) is 5.91 Å². The molecule has 0 saturated heterocycles. The molecule has 3 nitrogen and oxygen atoms in total. The van der Waals surface area contributed by atoms with Crippen molar-refractivity contribution in [3.8, 4) is 0 Å². The molecule has 18 heavy (non-hydrogen) atoms. The predicted octanol–water partition coefficient (Wildman–Crippen LogP) is 3.09. The molecular formula is C13H13ClN2OS. The summed E-state index contributed by atoms with van der Waals surface area (Å²) in [5, 5.41) is 2.64. The summed E-state index contributed by atoms with van der Waals surface area (Å²) in [5.74, 6) is -0.106. The Kier molecular flexibility index (Phi) is 4.33. The van der Waals surface area contributed by atoms with Crippen LogP contribution >= 0.6 is 22.9 Å². The van der Waals surface area contributed by atoms with Crippen molar-refractivity contribution >= 4 is 28.8 Å². The summed E-state index contributed by atoms with van der Waals surface area (Å²) in [5.41, 5.74) is 1.02. The van der Waals surface area contributed by atoms with E-state index in [0.29, 0.717) is 17.8 Å². The van der Waals surface area contributed by atoms with E-state index in [1.807, 2.05) is 40.4 Å². The Balaban J connectivity index is 2.31. The Hall–Kier alpha value is -1.39. The van der Waals surface area contributed by atoms with E-state index in [4.69, 9.17) is 11.6 Å². The monoisotopic (exact) mass is 280 g/mol. The van der Waals surface area contributed by atoms with Gasteiger partial charge in [0.2, 0.25) is 5.91 Å². The van der Waals surface area contributed by atoms with Gasteiger partial charge in [0.1, 0.15) is 0 Å². The minimum Gasteiger partial charge on any atom is -0.319 e. The number of hydrogen-bond donors (Lipinski definition) is 0. The predicted molar refractivity (Wildman–Crippen MR) is 73.7 cm³/mol. The Morgan fingerprint density at radius 3 is 2.94 bits per heavy atom. The fourth-order valence-electron chi connectivity index (χ4n) is 1.50. The van der Waals surface area contributed by atoms with Gasteiger partial charge < -0.3 is 4.57 Å². The van der Waals surface area contributed by atoms with E-state index in [9.17, 15) is 4.79 Å². The summed E-state index contributed by atoms with van der Waals surface area (Å²) >= 11 is 7.57. The van der Waals surface area contributed by atoms with Crippen LogP contribution in [-0.2, 0) is 11.3 Å². The molecular weight excluding hydrogens is 268 g/mol. The molecule has 0 aliphatic rings. The lowest BCUT2D eigenvalue weighted by Gasteiger charge is -2.05. The lowest BCUT2D eigenvalue weighted by molar-refractivity contribution is -0.117. The summed E-state index contributed by atoms with van der Waals surface area (Å²) in [7, 11) is 0. The highest BCUT2D eigenvalue weighted by Gasteiger charge is 2.03. The van der Waals surface area contributed by atoms with Crippen LogP contribution in [0.3, 0.4) is 0 Å². The van der Waals surface area contributed by atoms with Crippen LogP contribution in [-0.4, -0.2) is 10.5 Å². The van der Waals surface area contributed by atoms with E-state index < -0.39 is 0 Å². The standard InChI is InChI=1S/C13H13ClN2OS/c1-2-12(17)15-13-16(7-8-18-13)9-10-5-3-4-6-11(10)14/h3-8H,2,9H2,1H3/b15-13-. The average Bonchev–Trinajstić information content (AvgIpc) is 2.79. The third-order valence-electron chi connectivity index (χ3n) is 2.48. The number of halogens is 1. The Bertz CT molecular complexity index is 615. The summed E-state index contributed by atoms with van der Waals surface area (Å²) < 4.78 is 1.93. The van der Waals surface area contributed by atoms with Gasteiger partial charge in [-0.2, -0.15) is 4.99 Å². The number of carbonyl (C=O) groups is 1. The number of amides is 1. The van der Waals surface area contributed by atoms with Gasteiger partial charge in [-0.25, -0.2) is 0 Å². The van der Waals surface area contributed by atoms with Crippen molar-refractivity contribution in [1.29, 1.82) is 0 Å². The zero-order valence-corrected chi connectivity index (χ0v) is 11.5. The first kappa shape index (κ1) is 13.1. The van der Waals surface area contributed by atoms with Gasteiger partial charge in [-0.1, -0.05) is 36.7 Å². The molecule has 0 bridgehead atoms. The summed E-state index contributed by atoms with van der Waals surface area (Å²) in [6, 6.07) is 7.68. The first-order chi connectivity index (χ1) is 8.70. The minimum absolute atomic E-state index is 0.106. The van der Waals surface area contributed by atoms with Crippen LogP contribution < -0.4 is 4.80 Å². The van der Waals surface area contributed by atoms with Crippen LogP contribution in [0.15, 0.2) is 40.8 Å². The summed E-state index contributed by atoms with van der Waals surface area (Å²) in [6.07, 6.45) is 2.33. The number of nitrogens with zero attached hydrogens (tertiary/aromatic N) is 2. The first-order valence-corrected chi connectivity index (χ1v) is 6.91. The van der Waals surface area contributed by atoms with Crippen LogP contribution in [0, 0.1) is 0 Å². The molecule has 2 aromatic rings. The number of rotatable bonds is 3. The van der Waals surface area contributed by atoms with Crippen LogP contribution in [0.4, 0.5) is 0 Å². The maximum absolute atomic E-state index is 11.4. The van der Waals surface area contributed by atoms with Gasteiger partial charge >= 0.3 is 0 Å². The molecule has 0 atom stereocenters. The molecule has 0 aliphatic heterocycles. The van der Waals surface area contributed by atoms with Crippen molar-refractivity contribution in [3.05, 3.63) is 51.2 Å². The van der Waals surface area contributed by atoms with Crippen molar-refractivity contribution in [2.45, 2.75) is 19.9 Å². The second-order valence-corrected chi connectivity index (χ2v) is 5.04. The number of carbonyl (C=O) groups excluding carboxylic acids is 1. The molecule has 1 heterocycles. The SMILES string of the molecule is CCC(=O)/N=c1\sccn1Cc1ccccc1Cl. The van der Waals surface area contributed by atoms with Crippen LogP contribution in [0.25, 0.3) is 0 Å². The quantitative estimate of drug-likeness (QED) is 0.851. The van der Waals surface area contributed by atoms with Crippen LogP contribution in [0.5, 0.6) is 0 Å². The minimum atomic E-state index is -0.106. The zero-order chi connectivity index (χ0) is 13.0. The van der Waals surface area contributed by atoms with Gasteiger partial charge in [-0.15, -0.1) is 11.3 Å². The average molecular weight is 281 g/mol. The highest BCUT2D eigenvalue weighted by molar-refractivity contribution is 7.07. The molecule has 0 radical (unpaired) electrons. The van der Waals surface area contributed by atoms with Crippen LogP contribution in [0.2, 0.25) is 5.02 Å². The highest BCUT2D eigenvalue weighted by atomic mass is 35.5. The molecule has 2 rings (SSSR count). The van der Waals surface area contributed by atoms with Gasteiger partial charge in [0.15, 0.2) is 4.80 Å². The maximum Gasteiger partial charge on any atom is 0.248 e. The topological polar surface area (TPSA) is 34.4 Å². The van der Waals surface area contributed by atoms with E-state index >= 15 is 0 Å². The van der Waals surface area contributed by atoms with E-state index in [1.54, 1.807) is 6.92 Å². The fourth-order valence-corrected chi connectivity index (χ4v) is 2.44. The molecule has 0 fully saturated rings. The Morgan fingerprint density at radius 1 is 1.44 bits per heavy atom. The van der Waals surface area contributed by atoms with Gasteiger partial charge in [-0.05, 0) is 11.6 Å². The number of aromatic nitrogens is 1. The molecule has 94 valence electrons. The third kappa shape index (κ3) is 3.09. The van der Waals surface area contributed by atoms with Gasteiger partial charge in [0, 0.05) is 23.0 Å². The number of benzene rings is 1. The van der Waals surface area contributed by atoms with Crippen LogP contribution in [0.1, 0.15) is 18.9 Å². The smallest absolute Gasteiger partial charge is 0.248 e. The van der Waals surface area contributed by atoms with Crippen molar-refractivity contribution in [2.75, 3.05) is 0 Å². The normalized spacial score (nSPS) is 11.8. The second-order valence-electron chi connectivity index (χ2n) is 3.76.